The van der Waals surface area contributed by atoms with Gasteiger partial charge in [0.15, 0.2) is 5.76 Å². The lowest BCUT2D eigenvalue weighted by molar-refractivity contribution is 0.102. The quantitative estimate of drug-likeness (QED) is 0.613. The minimum absolute atomic E-state index is 0.249. The van der Waals surface area contributed by atoms with Crippen molar-refractivity contribution in [1.29, 1.82) is 0 Å². The fourth-order valence-corrected chi connectivity index (χ4v) is 2.32. The van der Waals surface area contributed by atoms with Gasteiger partial charge in [0.25, 0.3) is 11.8 Å². The highest BCUT2D eigenvalue weighted by atomic mass is 16.5. The van der Waals surface area contributed by atoms with E-state index in [-0.39, 0.29) is 11.8 Å². The number of furan rings is 1. The number of benzene rings is 1. The van der Waals surface area contributed by atoms with Gasteiger partial charge in [-0.05, 0) is 36.4 Å². The first-order valence-corrected chi connectivity index (χ1v) is 7.49. The van der Waals surface area contributed by atoms with Gasteiger partial charge in [0.2, 0.25) is 5.82 Å². The predicted molar refractivity (Wildman–Crippen MR) is 89.6 cm³/mol. The van der Waals surface area contributed by atoms with Gasteiger partial charge in [0, 0.05) is 18.0 Å². The Kier molecular flexibility index (Phi) is 3.80. The van der Waals surface area contributed by atoms with Gasteiger partial charge in [-0.15, -0.1) is 0 Å². The molecule has 0 aliphatic carbocycles. The van der Waals surface area contributed by atoms with Crippen molar-refractivity contribution in [3.8, 4) is 23.0 Å². The van der Waals surface area contributed by atoms with Crippen LogP contribution in [0.2, 0.25) is 0 Å². The van der Waals surface area contributed by atoms with Gasteiger partial charge in [0.05, 0.1) is 17.5 Å². The van der Waals surface area contributed by atoms with Crippen molar-refractivity contribution in [2.45, 2.75) is 0 Å². The van der Waals surface area contributed by atoms with Gasteiger partial charge >= 0.3 is 0 Å². The lowest BCUT2D eigenvalue weighted by atomic mass is 10.1. The number of anilines is 1. The topological polar surface area (TPSA) is 94.1 Å². The van der Waals surface area contributed by atoms with Crippen LogP contribution >= 0.6 is 0 Å². The fourth-order valence-electron chi connectivity index (χ4n) is 2.32. The number of para-hydroxylation sites is 1. The van der Waals surface area contributed by atoms with Crippen molar-refractivity contribution in [3.05, 3.63) is 72.8 Å². The maximum atomic E-state index is 12.4. The Morgan fingerprint density at radius 3 is 2.64 bits per heavy atom. The largest absolute Gasteiger partial charge is 0.461 e. The van der Waals surface area contributed by atoms with Crippen molar-refractivity contribution >= 4 is 11.6 Å². The molecule has 0 saturated heterocycles. The minimum atomic E-state index is -0.249. The second kappa shape index (κ2) is 6.40. The highest BCUT2D eigenvalue weighted by Gasteiger charge is 2.16. The third kappa shape index (κ3) is 3.02. The minimum Gasteiger partial charge on any atom is -0.461 e. The summed E-state index contributed by atoms with van der Waals surface area (Å²) >= 11 is 0. The Morgan fingerprint density at radius 2 is 1.84 bits per heavy atom. The maximum Gasteiger partial charge on any atom is 0.260 e. The number of rotatable bonds is 4. The lowest BCUT2D eigenvalue weighted by Crippen LogP contribution is -2.12. The van der Waals surface area contributed by atoms with E-state index in [9.17, 15) is 4.79 Å². The number of pyridine rings is 1. The summed E-state index contributed by atoms with van der Waals surface area (Å²) in [5.41, 5.74) is 1.70. The Morgan fingerprint density at radius 1 is 1.00 bits per heavy atom. The summed E-state index contributed by atoms with van der Waals surface area (Å²) in [6.45, 7) is 0. The molecule has 0 fully saturated rings. The summed E-state index contributed by atoms with van der Waals surface area (Å²) in [5.74, 6) is 0.890. The summed E-state index contributed by atoms with van der Waals surface area (Å²) in [5, 5.41) is 6.76. The predicted octanol–water partition coefficient (Wildman–Crippen LogP) is 3.64. The SMILES string of the molecule is O=C(Nc1ccccc1-c1nc(-c2ccco2)no1)c1ccncc1. The van der Waals surface area contributed by atoms with Gasteiger partial charge in [-0.25, -0.2) is 0 Å². The molecule has 0 spiro atoms. The Labute approximate surface area is 142 Å². The highest BCUT2D eigenvalue weighted by molar-refractivity contribution is 6.05. The number of hydrogen-bond acceptors (Lipinski definition) is 6. The van der Waals surface area contributed by atoms with E-state index >= 15 is 0 Å². The Bertz CT molecular complexity index is 994. The van der Waals surface area contributed by atoms with E-state index in [1.54, 1.807) is 48.8 Å². The van der Waals surface area contributed by atoms with Crippen LogP contribution in [0.1, 0.15) is 10.4 Å². The van der Waals surface area contributed by atoms with Crippen LogP contribution in [0.3, 0.4) is 0 Å². The summed E-state index contributed by atoms with van der Waals surface area (Å²) < 4.78 is 10.6. The van der Waals surface area contributed by atoms with Gasteiger partial charge in [-0.2, -0.15) is 4.98 Å². The average molecular weight is 332 g/mol. The van der Waals surface area contributed by atoms with Crippen LogP contribution in [-0.2, 0) is 0 Å². The van der Waals surface area contributed by atoms with Crippen molar-refractivity contribution in [2.24, 2.45) is 0 Å². The molecule has 0 aliphatic heterocycles. The molecule has 122 valence electrons. The number of amides is 1. The monoisotopic (exact) mass is 332 g/mol. The summed E-state index contributed by atoms with van der Waals surface area (Å²) in [7, 11) is 0. The van der Waals surface area contributed by atoms with Crippen molar-refractivity contribution in [1.82, 2.24) is 15.1 Å². The third-order valence-electron chi connectivity index (χ3n) is 3.52. The Hall–Kier alpha value is -3.74. The van der Waals surface area contributed by atoms with Crippen LogP contribution in [0, 0.1) is 0 Å². The van der Waals surface area contributed by atoms with E-state index in [1.165, 1.54) is 6.26 Å². The van der Waals surface area contributed by atoms with E-state index in [0.29, 0.717) is 28.4 Å². The number of nitrogens with zero attached hydrogens (tertiary/aromatic N) is 3. The van der Waals surface area contributed by atoms with Gasteiger partial charge < -0.3 is 14.3 Å². The van der Waals surface area contributed by atoms with Crippen LogP contribution in [0.25, 0.3) is 23.0 Å². The molecular formula is C18H12N4O3. The zero-order valence-electron chi connectivity index (χ0n) is 12.9. The van der Waals surface area contributed by atoms with E-state index in [4.69, 9.17) is 8.94 Å². The van der Waals surface area contributed by atoms with Crippen LogP contribution in [-0.4, -0.2) is 21.0 Å². The van der Waals surface area contributed by atoms with Crippen molar-refractivity contribution in [3.63, 3.8) is 0 Å². The van der Waals surface area contributed by atoms with Crippen molar-refractivity contribution in [2.75, 3.05) is 5.32 Å². The van der Waals surface area contributed by atoms with Gasteiger partial charge in [0.1, 0.15) is 0 Å². The van der Waals surface area contributed by atoms with E-state index in [1.807, 2.05) is 12.1 Å². The van der Waals surface area contributed by atoms with Crippen molar-refractivity contribution < 1.29 is 13.7 Å². The molecule has 3 aromatic heterocycles. The second-order valence-electron chi connectivity index (χ2n) is 5.14. The molecule has 1 N–H and O–H groups in total. The van der Waals surface area contributed by atoms with Gasteiger partial charge in [-0.1, -0.05) is 17.3 Å². The standard InChI is InChI=1S/C18H12N4O3/c23-17(12-7-9-19-10-8-12)20-14-5-2-1-4-13(14)18-21-16(22-25-18)15-6-3-11-24-15/h1-11H,(H,20,23). The van der Waals surface area contributed by atoms with E-state index in [2.05, 4.69) is 20.4 Å². The fraction of sp³-hybridized carbons (Fsp3) is 0. The Balaban J connectivity index is 1.65. The zero-order chi connectivity index (χ0) is 17.1. The summed E-state index contributed by atoms with van der Waals surface area (Å²) in [6.07, 6.45) is 4.66. The molecule has 0 unspecified atom stereocenters. The molecule has 7 heteroatoms. The molecule has 4 aromatic rings. The first kappa shape index (κ1) is 14.8. The molecule has 3 heterocycles. The molecule has 1 amide bonds. The number of hydrogen-bond donors (Lipinski definition) is 1. The molecule has 0 radical (unpaired) electrons. The molecule has 0 bridgehead atoms. The molecule has 0 aliphatic rings. The molecular weight excluding hydrogens is 320 g/mol. The lowest BCUT2D eigenvalue weighted by Gasteiger charge is -2.08. The van der Waals surface area contributed by atoms with E-state index in [0.717, 1.165) is 0 Å². The smallest absolute Gasteiger partial charge is 0.260 e. The molecule has 1 aromatic carbocycles. The number of nitrogens with one attached hydrogen (secondary N) is 1. The second-order valence-corrected chi connectivity index (χ2v) is 5.14. The first-order valence-electron chi connectivity index (χ1n) is 7.49. The maximum absolute atomic E-state index is 12.4. The zero-order valence-corrected chi connectivity index (χ0v) is 12.9. The normalized spacial score (nSPS) is 10.6. The molecule has 4 rings (SSSR count). The van der Waals surface area contributed by atoms with E-state index < -0.39 is 0 Å². The first-order chi connectivity index (χ1) is 12.3. The molecule has 7 nitrogen and oxygen atoms in total. The summed E-state index contributed by atoms with van der Waals surface area (Å²) in [4.78, 5) is 20.6. The molecule has 25 heavy (non-hydrogen) atoms. The molecule has 0 saturated carbocycles. The van der Waals surface area contributed by atoms with Gasteiger partial charge in [-0.3, -0.25) is 9.78 Å². The molecule has 0 atom stereocenters. The number of carbonyl (C=O) groups excluding carboxylic acids is 1. The van der Waals surface area contributed by atoms with Crippen LogP contribution in [0.4, 0.5) is 5.69 Å². The van der Waals surface area contributed by atoms with Crippen LogP contribution in [0.5, 0.6) is 0 Å². The van der Waals surface area contributed by atoms with Crippen LogP contribution < -0.4 is 5.32 Å². The third-order valence-corrected chi connectivity index (χ3v) is 3.52. The van der Waals surface area contributed by atoms with Crippen LogP contribution in [0.15, 0.2) is 76.1 Å². The summed E-state index contributed by atoms with van der Waals surface area (Å²) in [6, 6.07) is 14.0. The highest BCUT2D eigenvalue weighted by Crippen LogP contribution is 2.28. The number of carbonyl (C=O) groups is 1. The average Bonchev–Trinajstić information content (AvgIpc) is 3.34. The number of aromatic nitrogens is 3.